The Kier molecular flexibility index (Phi) is 5.79. The van der Waals surface area contributed by atoms with Crippen molar-refractivity contribution in [3.8, 4) is 5.75 Å². The van der Waals surface area contributed by atoms with Gasteiger partial charge in [0.25, 0.3) is 5.91 Å². The fourth-order valence-electron chi connectivity index (χ4n) is 3.06. The van der Waals surface area contributed by atoms with E-state index < -0.39 is 5.91 Å². The number of benzene rings is 2. The topological polar surface area (TPSA) is 95.1 Å². The third-order valence-corrected chi connectivity index (χ3v) is 5.01. The van der Waals surface area contributed by atoms with Gasteiger partial charge in [-0.3, -0.25) is 10.1 Å². The first-order valence-corrected chi connectivity index (χ1v) is 9.89. The fraction of sp³-hybridized carbons (Fsp3) is 0.217. The van der Waals surface area contributed by atoms with Gasteiger partial charge in [0, 0.05) is 0 Å². The average Bonchev–Trinajstić information content (AvgIpc) is 3.35. The molecule has 2 aromatic carbocycles. The third-order valence-electron chi connectivity index (χ3n) is 5.01. The van der Waals surface area contributed by atoms with Crippen molar-refractivity contribution in [3.63, 3.8) is 0 Å². The van der Waals surface area contributed by atoms with Gasteiger partial charge in [-0.2, -0.15) is 0 Å². The first kappa shape index (κ1) is 20.3. The second-order valence-electron chi connectivity index (χ2n) is 7.31. The quantitative estimate of drug-likeness (QED) is 0.487. The van der Waals surface area contributed by atoms with Crippen LogP contribution >= 0.6 is 0 Å². The summed E-state index contributed by atoms with van der Waals surface area (Å²) in [5.74, 6) is 0.989. The number of amides is 1. The van der Waals surface area contributed by atoms with Gasteiger partial charge >= 0.3 is 0 Å². The standard InChI is InChI=1S/C23H23N5O3/c1-15-9-10-19(11-16(15)2)30-13-20-17(3)31-27-21(20)22(29)25-23-24-14-28(26-23)12-18-7-5-4-6-8-18/h4-11,14H,12-13H2,1-3H3,(H,25,26,29). The summed E-state index contributed by atoms with van der Waals surface area (Å²) in [6.45, 7) is 6.53. The lowest BCUT2D eigenvalue weighted by molar-refractivity contribution is 0.101. The molecule has 0 radical (unpaired) electrons. The van der Waals surface area contributed by atoms with E-state index >= 15 is 0 Å². The van der Waals surface area contributed by atoms with E-state index in [1.54, 1.807) is 17.9 Å². The summed E-state index contributed by atoms with van der Waals surface area (Å²) in [5.41, 5.74) is 4.14. The van der Waals surface area contributed by atoms with Gasteiger partial charge in [-0.25, -0.2) is 9.67 Å². The molecule has 1 N–H and O–H groups in total. The highest BCUT2D eigenvalue weighted by Crippen LogP contribution is 2.21. The van der Waals surface area contributed by atoms with Crippen LogP contribution < -0.4 is 10.1 Å². The van der Waals surface area contributed by atoms with Gasteiger partial charge in [0.05, 0.1) is 12.1 Å². The molecule has 8 heteroatoms. The predicted octanol–water partition coefficient (Wildman–Crippen LogP) is 4.07. The number of aromatic nitrogens is 4. The fourth-order valence-corrected chi connectivity index (χ4v) is 3.06. The Balaban J connectivity index is 1.43. The van der Waals surface area contributed by atoms with Gasteiger partial charge in [-0.05, 0) is 49.6 Å². The van der Waals surface area contributed by atoms with Crippen LogP contribution in [0.25, 0.3) is 0 Å². The summed E-state index contributed by atoms with van der Waals surface area (Å²) in [4.78, 5) is 16.9. The predicted molar refractivity (Wildman–Crippen MR) is 115 cm³/mol. The molecule has 8 nitrogen and oxygen atoms in total. The SMILES string of the molecule is Cc1ccc(OCc2c(C(=O)Nc3ncn(Cc4ccccc4)n3)noc2C)cc1C. The van der Waals surface area contributed by atoms with E-state index in [1.165, 1.54) is 5.56 Å². The lowest BCUT2D eigenvalue weighted by atomic mass is 10.1. The van der Waals surface area contributed by atoms with E-state index in [0.717, 1.165) is 16.9 Å². The molecular weight excluding hydrogens is 394 g/mol. The van der Waals surface area contributed by atoms with Crippen molar-refractivity contribution in [1.82, 2.24) is 19.9 Å². The summed E-state index contributed by atoms with van der Waals surface area (Å²) in [6, 6.07) is 15.7. The number of anilines is 1. The summed E-state index contributed by atoms with van der Waals surface area (Å²) in [6.07, 6.45) is 1.57. The van der Waals surface area contributed by atoms with Crippen LogP contribution in [-0.4, -0.2) is 25.8 Å². The molecule has 0 aliphatic rings. The minimum Gasteiger partial charge on any atom is -0.489 e. The van der Waals surface area contributed by atoms with Crippen molar-refractivity contribution in [1.29, 1.82) is 0 Å². The zero-order chi connectivity index (χ0) is 21.8. The number of rotatable bonds is 7. The van der Waals surface area contributed by atoms with Gasteiger partial charge < -0.3 is 9.26 Å². The van der Waals surface area contributed by atoms with Crippen molar-refractivity contribution in [3.05, 3.63) is 88.6 Å². The highest BCUT2D eigenvalue weighted by molar-refractivity contribution is 6.02. The number of nitrogens with one attached hydrogen (secondary N) is 1. The Morgan fingerprint density at radius 3 is 2.68 bits per heavy atom. The average molecular weight is 417 g/mol. The number of nitrogens with zero attached hydrogens (tertiary/aromatic N) is 4. The minimum absolute atomic E-state index is 0.153. The molecule has 1 amide bonds. The first-order chi connectivity index (χ1) is 15.0. The van der Waals surface area contributed by atoms with E-state index in [2.05, 4.69) is 20.6 Å². The number of carbonyl (C=O) groups is 1. The number of hydrogen-bond acceptors (Lipinski definition) is 6. The van der Waals surface area contributed by atoms with Crippen molar-refractivity contribution >= 4 is 11.9 Å². The minimum atomic E-state index is -0.451. The lowest BCUT2D eigenvalue weighted by Crippen LogP contribution is -2.16. The van der Waals surface area contributed by atoms with E-state index in [4.69, 9.17) is 9.26 Å². The van der Waals surface area contributed by atoms with Crippen molar-refractivity contribution in [2.75, 3.05) is 5.32 Å². The highest BCUT2D eigenvalue weighted by Gasteiger charge is 2.21. The zero-order valence-electron chi connectivity index (χ0n) is 17.6. The maximum Gasteiger partial charge on any atom is 0.280 e. The van der Waals surface area contributed by atoms with Crippen LogP contribution in [0.2, 0.25) is 0 Å². The van der Waals surface area contributed by atoms with Crippen molar-refractivity contribution in [2.45, 2.75) is 33.9 Å². The normalized spacial score (nSPS) is 10.8. The second-order valence-corrected chi connectivity index (χ2v) is 7.31. The number of hydrogen-bond donors (Lipinski definition) is 1. The molecule has 2 aromatic heterocycles. The molecule has 0 aliphatic carbocycles. The summed E-state index contributed by atoms with van der Waals surface area (Å²) >= 11 is 0. The molecule has 4 rings (SSSR count). The maximum atomic E-state index is 12.7. The van der Waals surface area contributed by atoms with Gasteiger partial charge in [-0.15, -0.1) is 5.10 Å². The summed E-state index contributed by atoms with van der Waals surface area (Å²) in [7, 11) is 0. The van der Waals surface area contributed by atoms with Crippen LogP contribution in [0.15, 0.2) is 59.4 Å². The van der Waals surface area contributed by atoms with Crippen LogP contribution in [0, 0.1) is 20.8 Å². The molecule has 0 saturated heterocycles. The smallest absolute Gasteiger partial charge is 0.280 e. The van der Waals surface area contributed by atoms with Crippen LogP contribution in [0.5, 0.6) is 5.75 Å². The van der Waals surface area contributed by atoms with E-state index in [9.17, 15) is 4.79 Å². The number of aryl methyl sites for hydroxylation is 3. The monoisotopic (exact) mass is 417 g/mol. The van der Waals surface area contributed by atoms with E-state index in [-0.39, 0.29) is 18.2 Å². The third kappa shape index (κ3) is 4.80. The van der Waals surface area contributed by atoms with Gasteiger partial charge in [0.2, 0.25) is 5.95 Å². The maximum absolute atomic E-state index is 12.7. The van der Waals surface area contributed by atoms with Crippen molar-refractivity contribution < 1.29 is 14.1 Å². The number of ether oxygens (including phenoxy) is 1. The Morgan fingerprint density at radius 1 is 1.10 bits per heavy atom. The molecule has 2 heterocycles. The first-order valence-electron chi connectivity index (χ1n) is 9.89. The summed E-state index contributed by atoms with van der Waals surface area (Å²) in [5, 5.41) is 10.9. The molecular formula is C23H23N5O3. The molecule has 0 unspecified atom stereocenters. The van der Waals surface area contributed by atoms with Gasteiger partial charge in [0.1, 0.15) is 24.4 Å². The Morgan fingerprint density at radius 2 is 1.90 bits per heavy atom. The number of carbonyl (C=O) groups excluding carboxylic acids is 1. The van der Waals surface area contributed by atoms with Gasteiger partial charge in [-0.1, -0.05) is 41.6 Å². The lowest BCUT2D eigenvalue weighted by Gasteiger charge is -2.08. The molecule has 0 saturated carbocycles. The van der Waals surface area contributed by atoms with Crippen LogP contribution in [0.1, 0.15) is 38.5 Å². The summed E-state index contributed by atoms with van der Waals surface area (Å²) < 4.78 is 12.8. The molecule has 0 spiro atoms. The van der Waals surface area contributed by atoms with E-state index in [1.807, 2.05) is 62.4 Å². The molecule has 0 aliphatic heterocycles. The van der Waals surface area contributed by atoms with Gasteiger partial charge in [0.15, 0.2) is 5.69 Å². The Hall–Kier alpha value is -3.94. The molecule has 31 heavy (non-hydrogen) atoms. The largest absolute Gasteiger partial charge is 0.489 e. The highest BCUT2D eigenvalue weighted by atomic mass is 16.5. The molecule has 0 fully saturated rings. The Bertz CT molecular complexity index is 1200. The second kappa shape index (κ2) is 8.83. The molecule has 158 valence electrons. The van der Waals surface area contributed by atoms with Crippen molar-refractivity contribution in [2.24, 2.45) is 0 Å². The molecule has 4 aromatic rings. The van der Waals surface area contributed by atoms with Crippen LogP contribution in [-0.2, 0) is 13.2 Å². The molecule has 0 atom stereocenters. The van der Waals surface area contributed by atoms with Crippen LogP contribution in [0.3, 0.4) is 0 Å². The molecule has 0 bridgehead atoms. The van der Waals surface area contributed by atoms with Crippen LogP contribution in [0.4, 0.5) is 5.95 Å². The zero-order valence-corrected chi connectivity index (χ0v) is 17.6. The Labute approximate surface area is 179 Å². The van der Waals surface area contributed by atoms with E-state index in [0.29, 0.717) is 17.9 Å².